The van der Waals surface area contributed by atoms with E-state index in [0.717, 1.165) is 32.1 Å². The van der Waals surface area contributed by atoms with Crippen LogP contribution in [-0.4, -0.2) is 49.3 Å². The molecule has 2 atom stereocenters. The summed E-state index contributed by atoms with van der Waals surface area (Å²) < 4.78 is 32.8. The number of hydrogen-bond donors (Lipinski definition) is 2. The summed E-state index contributed by atoms with van der Waals surface area (Å²) in [5.74, 6) is -0.812. The Kier molecular flexibility index (Phi) is 40.9. The van der Waals surface area contributed by atoms with Crippen molar-refractivity contribution in [3.63, 3.8) is 0 Å². The summed E-state index contributed by atoms with van der Waals surface area (Å²) in [6.45, 7) is 3.77. The number of carbonyl (C=O) groups is 2. The maximum atomic E-state index is 12.6. The van der Waals surface area contributed by atoms with E-state index in [1.165, 1.54) is 173 Å². The van der Waals surface area contributed by atoms with Crippen molar-refractivity contribution in [2.75, 3.05) is 26.4 Å². The maximum Gasteiger partial charge on any atom is 0.472 e. The average Bonchev–Trinajstić information content (AvgIpc) is 3.16. The van der Waals surface area contributed by atoms with Gasteiger partial charge in [-0.25, -0.2) is 4.57 Å². The normalized spacial score (nSPS) is 13.2. The van der Waals surface area contributed by atoms with Crippen molar-refractivity contribution in [2.45, 2.75) is 245 Å². The van der Waals surface area contributed by atoms with Crippen LogP contribution < -0.4 is 5.73 Å². The smallest absolute Gasteiger partial charge is 0.462 e. The zero-order chi connectivity index (χ0) is 39.6. The van der Waals surface area contributed by atoms with Crippen molar-refractivity contribution in [3.8, 4) is 0 Å². The quantitative estimate of drug-likeness (QED) is 0.0351. The molecule has 0 amide bonds. The third-order valence-corrected chi connectivity index (χ3v) is 11.2. The number of carbonyl (C=O) groups excluding carboxylic acids is 2. The van der Waals surface area contributed by atoms with Gasteiger partial charge in [0.25, 0.3) is 0 Å². The van der Waals surface area contributed by atoms with E-state index in [4.69, 9.17) is 24.3 Å². The molecule has 0 aromatic rings. The van der Waals surface area contributed by atoms with Crippen LogP contribution >= 0.6 is 7.82 Å². The monoisotopic (exact) mass is 790 g/mol. The standard InChI is InChI=1S/C44H88NO8P/c1-3-5-7-9-11-13-15-17-18-19-20-21-22-23-24-25-27-28-30-32-34-36-43(46)50-40-42(41-52-54(48,49)51-39-38-45)53-44(47)37-35-33-31-29-26-16-14-12-10-8-6-4-2/h42H,3-41,45H2,1-2H3,(H,48,49)/t42-/m1/s1. The van der Waals surface area contributed by atoms with E-state index in [2.05, 4.69) is 13.8 Å². The van der Waals surface area contributed by atoms with Crippen LogP contribution in [0.1, 0.15) is 239 Å². The number of ether oxygens (including phenoxy) is 2. The van der Waals surface area contributed by atoms with Gasteiger partial charge in [0.2, 0.25) is 0 Å². The fourth-order valence-corrected chi connectivity index (χ4v) is 7.58. The molecule has 0 rings (SSSR count). The average molecular weight is 790 g/mol. The second-order valence-electron chi connectivity index (χ2n) is 15.6. The maximum absolute atomic E-state index is 12.6. The lowest BCUT2D eigenvalue weighted by Gasteiger charge is -2.19. The predicted molar refractivity (Wildman–Crippen MR) is 225 cm³/mol. The number of rotatable bonds is 44. The first kappa shape index (κ1) is 53.0. The Balaban J connectivity index is 3.99. The fourth-order valence-electron chi connectivity index (χ4n) is 6.81. The van der Waals surface area contributed by atoms with Gasteiger partial charge in [0.05, 0.1) is 13.2 Å². The molecular formula is C44H88NO8P. The van der Waals surface area contributed by atoms with Crippen LogP contribution in [0.25, 0.3) is 0 Å². The first-order chi connectivity index (χ1) is 26.3. The molecule has 9 nitrogen and oxygen atoms in total. The summed E-state index contributed by atoms with van der Waals surface area (Å²) in [7, 11) is -4.37. The minimum atomic E-state index is -4.37. The summed E-state index contributed by atoms with van der Waals surface area (Å²) in [4.78, 5) is 34.9. The highest BCUT2D eigenvalue weighted by molar-refractivity contribution is 7.47. The second kappa shape index (κ2) is 41.6. The van der Waals surface area contributed by atoms with Crippen LogP contribution in [0.5, 0.6) is 0 Å². The summed E-state index contributed by atoms with van der Waals surface area (Å²) >= 11 is 0. The Hall–Kier alpha value is -0.990. The Morgan fingerprint density at radius 2 is 0.796 bits per heavy atom. The lowest BCUT2D eigenvalue weighted by molar-refractivity contribution is -0.161. The van der Waals surface area contributed by atoms with E-state index in [1.807, 2.05) is 0 Å². The molecule has 0 heterocycles. The van der Waals surface area contributed by atoms with E-state index in [-0.39, 0.29) is 38.6 Å². The van der Waals surface area contributed by atoms with Gasteiger partial charge in [0, 0.05) is 19.4 Å². The van der Waals surface area contributed by atoms with Gasteiger partial charge >= 0.3 is 19.8 Å². The highest BCUT2D eigenvalue weighted by Crippen LogP contribution is 2.43. The van der Waals surface area contributed by atoms with Crippen LogP contribution in [-0.2, 0) is 32.7 Å². The lowest BCUT2D eigenvalue weighted by atomic mass is 10.0. The number of hydrogen-bond acceptors (Lipinski definition) is 8. The molecule has 0 spiro atoms. The van der Waals surface area contributed by atoms with E-state index < -0.39 is 26.5 Å². The van der Waals surface area contributed by atoms with Gasteiger partial charge in [-0.05, 0) is 12.8 Å². The topological polar surface area (TPSA) is 134 Å². The first-order valence-corrected chi connectivity index (χ1v) is 24.5. The predicted octanol–water partition coefficient (Wildman–Crippen LogP) is 13.2. The van der Waals surface area contributed by atoms with E-state index >= 15 is 0 Å². The van der Waals surface area contributed by atoms with Gasteiger partial charge in [-0.2, -0.15) is 0 Å². The van der Waals surface area contributed by atoms with Crippen LogP contribution in [0.4, 0.5) is 0 Å². The Morgan fingerprint density at radius 1 is 0.481 bits per heavy atom. The molecule has 0 aromatic heterocycles. The fraction of sp³-hybridized carbons (Fsp3) is 0.955. The summed E-state index contributed by atoms with van der Waals surface area (Å²) in [5.41, 5.74) is 5.35. The van der Waals surface area contributed by atoms with Gasteiger partial charge in [-0.1, -0.05) is 213 Å². The van der Waals surface area contributed by atoms with Gasteiger partial charge in [-0.3, -0.25) is 18.6 Å². The minimum absolute atomic E-state index is 0.0581. The van der Waals surface area contributed by atoms with Crippen molar-refractivity contribution in [1.82, 2.24) is 0 Å². The molecule has 0 fully saturated rings. The van der Waals surface area contributed by atoms with Crippen LogP contribution in [0.2, 0.25) is 0 Å². The minimum Gasteiger partial charge on any atom is -0.462 e. The molecule has 0 aromatic carbocycles. The van der Waals surface area contributed by atoms with Crippen LogP contribution in [0, 0.1) is 0 Å². The van der Waals surface area contributed by atoms with Gasteiger partial charge in [0.1, 0.15) is 6.61 Å². The zero-order valence-electron chi connectivity index (χ0n) is 35.5. The first-order valence-electron chi connectivity index (χ1n) is 23.0. The summed E-state index contributed by atoms with van der Waals surface area (Å²) in [5, 5.41) is 0. The van der Waals surface area contributed by atoms with E-state index in [0.29, 0.717) is 6.42 Å². The molecule has 0 aliphatic rings. The van der Waals surface area contributed by atoms with Crippen LogP contribution in [0.3, 0.4) is 0 Å². The Morgan fingerprint density at radius 3 is 1.13 bits per heavy atom. The molecule has 0 saturated heterocycles. The lowest BCUT2D eigenvalue weighted by Crippen LogP contribution is -2.29. The summed E-state index contributed by atoms with van der Waals surface area (Å²) in [6.07, 6.45) is 41.4. The molecule has 54 heavy (non-hydrogen) atoms. The second-order valence-corrected chi connectivity index (χ2v) is 17.1. The molecule has 322 valence electrons. The molecule has 3 N–H and O–H groups in total. The van der Waals surface area contributed by atoms with Gasteiger partial charge < -0.3 is 20.1 Å². The largest absolute Gasteiger partial charge is 0.472 e. The van der Waals surface area contributed by atoms with E-state index in [1.54, 1.807) is 0 Å². The number of esters is 2. The molecule has 10 heteroatoms. The van der Waals surface area contributed by atoms with Crippen molar-refractivity contribution in [3.05, 3.63) is 0 Å². The Bertz CT molecular complexity index is 860. The van der Waals surface area contributed by atoms with Crippen molar-refractivity contribution in [2.24, 2.45) is 5.73 Å². The highest BCUT2D eigenvalue weighted by atomic mass is 31.2. The molecule has 0 radical (unpaired) electrons. The number of phosphoric acid groups is 1. The molecule has 0 bridgehead atoms. The zero-order valence-corrected chi connectivity index (χ0v) is 36.4. The van der Waals surface area contributed by atoms with Gasteiger partial charge in [0.15, 0.2) is 6.10 Å². The third kappa shape index (κ3) is 40.7. The molecule has 0 aliphatic heterocycles. The van der Waals surface area contributed by atoms with Crippen LogP contribution in [0.15, 0.2) is 0 Å². The van der Waals surface area contributed by atoms with E-state index in [9.17, 15) is 19.0 Å². The molecule has 0 saturated carbocycles. The molecular weight excluding hydrogens is 701 g/mol. The van der Waals surface area contributed by atoms with Crippen molar-refractivity contribution < 1.29 is 37.6 Å². The van der Waals surface area contributed by atoms with Crippen molar-refractivity contribution >= 4 is 19.8 Å². The van der Waals surface area contributed by atoms with Crippen molar-refractivity contribution in [1.29, 1.82) is 0 Å². The molecule has 0 aliphatic carbocycles. The molecule has 1 unspecified atom stereocenters. The highest BCUT2D eigenvalue weighted by Gasteiger charge is 2.26. The Labute approximate surface area is 333 Å². The van der Waals surface area contributed by atoms with Gasteiger partial charge in [-0.15, -0.1) is 0 Å². The number of phosphoric ester groups is 1. The third-order valence-electron chi connectivity index (χ3n) is 10.2. The number of unbranched alkanes of at least 4 members (excludes halogenated alkanes) is 31. The summed E-state index contributed by atoms with van der Waals surface area (Å²) in [6, 6.07) is 0. The SMILES string of the molecule is CCCCCCCCCCCCCCCCCCCCCCCC(=O)OC[C@H](COP(=O)(O)OCCN)OC(=O)CCCCCCCCCCCCCC. The number of nitrogens with two attached hydrogens (primary N) is 1.